The second-order valence-corrected chi connectivity index (χ2v) is 6.92. The minimum atomic E-state index is -4.53. The quantitative estimate of drug-likeness (QED) is 0.626. The zero-order chi connectivity index (χ0) is 22.6. The Hall–Kier alpha value is -3.40. The molecule has 0 bridgehead atoms. The van der Waals surface area contributed by atoms with Crippen molar-refractivity contribution >= 4 is 17.8 Å². The number of methoxy groups -OCH3 is 1. The van der Waals surface area contributed by atoms with Crippen LogP contribution in [0, 0.1) is 0 Å². The molecule has 3 rings (SSSR count). The van der Waals surface area contributed by atoms with E-state index in [1.54, 1.807) is 24.3 Å². The number of carbonyl (C=O) groups is 3. The molecule has 0 saturated carbocycles. The van der Waals surface area contributed by atoms with Crippen LogP contribution in [-0.4, -0.2) is 30.9 Å². The van der Waals surface area contributed by atoms with Gasteiger partial charge in [-0.15, -0.1) is 0 Å². The average Bonchev–Trinajstić information content (AvgIpc) is 2.76. The van der Waals surface area contributed by atoms with Gasteiger partial charge in [0.1, 0.15) is 6.17 Å². The van der Waals surface area contributed by atoms with Crippen LogP contribution in [0.15, 0.2) is 54.6 Å². The lowest BCUT2D eigenvalue weighted by molar-refractivity contribution is -0.145. The van der Waals surface area contributed by atoms with Crippen molar-refractivity contribution in [3.8, 4) is 0 Å². The summed E-state index contributed by atoms with van der Waals surface area (Å²) in [5, 5.41) is 8.19. The molecule has 3 unspecified atom stereocenters. The van der Waals surface area contributed by atoms with Gasteiger partial charge in [0.15, 0.2) is 6.04 Å². The Morgan fingerprint density at radius 2 is 1.74 bits per heavy atom. The third kappa shape index (κ3) is 5.40. The number of hydrogen-bond donors (Lipinski definition) is 3. The van der Waals surface area contributed by atoms with E-state index in [0.717, 1.165) is 36.9 Å². The van der Waals surface area contributed by atoms with E-state index < -0.39 is 41.9 Å². The predicted octanol–water partition coefficient (Wildman–Crippen LogP) is 2.21. The van der Waals surface area contributed by atoms with Crippen LogP contribution in [0.2, 0.25) is 0 Å². The summed E-state index contributed by atoms with van der Waals surface area (Å²) in [6, 6.07) is 10.5. The van der Waals surface area contributed by atoms with E-state index in [-0.39, 0.29) is 17.9 Å². The summed E-state index contributed by atoms with van der Waals surface area (Å²) in [5.74, 6) is -1.88. The number of carbonyl (C=O) groups excluding carboxylic acids is 3. The highest BCUT2D eigenvalue weighted by atomic mass is 19.4. The molecule has 164 valence electrons. The summed E-state index contributed by atoms with van der Waals surface area (Å²) in [4.78, 5) is 37.1. The van der Waals surface area contributed by atoms with Gasteiger partial charge < -0.3 is 15.4 Å². The average molecular weight is 435 g/mol. The molecule has 2 amide bonds. The van der Waals surface area contributed by atoms with Crippen molar-refractivity contribution in [1.29, 1.82) is 0 Å². The lowest BCUT2D eigenvalue weighted by Crippen LogP contribution is -2.57. The Morgan fingerprint density at radius 3 is 2.32 bits per heavy atom. The lowest BCUT2D eigenvalue weighted by atomic mass is 10.0. The van der Waals surface area contributed by atoms with Crippen LogP contribution in [0.25, 0.3) is 0 Å². The molecule has 31 heavy (non-hydrogen) atoms. The van der Waals surface area contributed by atoms with Crippen molar-refractivity contribution < 1.29 is 32.3 Å². The van der Waals surface area contributed by atoms with Crippen LogP contribution in [-0.2, 0) is 25.3 Å². The molecule has 1 aliphatic rings. The maximum Gasteiger partial charge on any atom is 0.416 e. The van der Waals surface area contributed by atoms with E-state index in [2.05, 4.69) is 20.7 Å². The number of nitrogens with one attached hydrogen (secondary N) is 3. The van der Waals surface area contributed by atoms with Gasteiger partial charge in [0.25, 0.3) is 0 Å². The molecule has 1 saturated heterocycles. The van der Waals surface area contributed by atoms with E-state index in [1.165, 1.54) is 0 Å². The van der Waals surface area contributed by atoms with Crippen LogP contribution in [0.4, 0.5) is 13.2 Å². The monoisotopic (exact) mass is 435 g/mol. The number of halogens is 3. The standard InChI is InChI=1S/C21H20F3N3O4/c1-31-20(30)17(12-7-9-14(10-8-12)21(22,23)24)27-19(29)15-11-16(28)26-18(25-15)13-5-3-2-4-6-13/h2-10,15,17-18,25H,11H2,1H3,(H,26,28)(H,27,29). The highest BCUT2D eigenvalue weighted by Gasteiger charge is 2.35. The Labute approximate surface area is 176 Å². The van der Waals surface area contributed by atoms with Crippen molar-refractivity contribution in [2.75, 3.05) is 7.11 Å². The van der Waals surface area contributed by atoms with Gasteiger partial charge in [-0.1, -0.05) is 42.5 Å². The minimum absolute atomic E-state index is 0.119. The van der Waals surface area contributed by atoms with Crippen LogP contribution in [0.3, 0.4) is 0 Å². The molecule has 0 aliphatic carbocycles. The van der Waals surface area contributed by atoms with Gasteiger partial charge in [-0.05, 0) is 23.3 Å². The summed E-state index contributed by atoms with van der Waals surface area (Å²) in [5.41, 5.74) is -0.0313. The molecule has 0 aromatic heterocycles. The first kappa shape index (κ1) is 22.3. The van der Waals surface area contributed by atoms with Crippen LogP contribution in [0.1, 0.15) is 35.3 Å². The van der Waals surface area contributed by atoms with Crippen LogP contribution >= 0.6 is 0 Å². The molecule has 10 heteroatoms. The minimum Gasteiger partial charge on any atom is -0.467 e. The third-order valence-corrected chi connectivity index (χ3v) is 4.81. The molecule has 1 aliphatic heterocycles. The number of rotatable bonds is 5. The second kappa shape index (κ2) is 9.17. The van der Waals surface area contributed by atoms with Crippen molar-refractivity contribution in [3.05, 3.63) is 71.3 Å². The van der Waals surface area contributed by atoms with E-state index in [9.17, 15) is 27.6 Å². The summed E-state index contributed by atoms with van der Waals surface area (Å²) < 4.78 is 43.1. The molecular formula is C21H20F3N3O4. The number of alkyl halides is 3. The fraction of sp³-hybridized carbons (Fsp3) is 0.286. The molecule has 2 aromatic rings. The maximum atomic E-state index is 12.8. The Bertz CT molecular complexity index is 949. The number of amides is 2. The lowest BCUT2D eigenvalue weighted by Gasteiger charge is -2.32. The molecule has 2 aromatic carbocycles. The van der Waals surface area contributed by atoms with E-state index >= 15 is 0 Å². The SMILES string of the molecule is COC(=O)C(NC(=O)C1CC(=O)NC(c2ccccc2)N1)c1ccc(C(F)(F)F)cc1. The number of ether oxygens (including phenoxy) is 1. The zero-order valence-electron chi connectivity index (χ0n) is 16.4. The van der Waals surface area contributed by atoms with E-state index in [4.69, 9.17) is 0 Å². The first-order chi connectivity index (χ1) is 14.7. The Balaban J connectivity index is 1.77. The molecule has 1 heterocycles. The summed E-state index contributed by atoms with van der Waals surface area (Å²) in [6.45, 7) is 0. The smallest absolute Gasteiger partial charge is 0.416 e. The van der Waals surface area contributed by atoms with Gasteiger partial charge in [-0.3, -0.25) is 14.9 Å². The molecule has 1 fully saturated rings. The second-order valence-electron chi connectivity index (χ2n) is 6.92. The zero-order valence-corrected chi connectivity index (χ0v) is 16.4. The van der Waals surface area contributed by atoms with Gasteiger partial charge in [-0.2, -0.15) is 13.2 Å². The number of benzene rings is 2. The first-order valence-corrected chi connectivity index (χ1v) is 9.34. The predicted molar refractivity (Wildman–Crippen MR) is 103 cm³/mol. The summed E-state index contributed by atoms with van der Waals surface area (Å²) in [7, 11) is 1.10. The summed E-state index contributed by atoms with van der Waals surface area (Å²) >= 11 is 0. The fourth-order valence-corrected chi connectivity index (χ4v) is 3.20. The molecule has 3 N–H and O–H groups in total. The number of hydrogen-bond acceptors (Lipinski definition) is 5. The summed E-state index contributed by atoms with van der Waals surface area (Å²) in [6.07, 6.45) is -5.31. The number of esters is 1. The van der Waals surface area contributed by atoms with Gasteiger partial charge >= 0.3 is 12.1 Å². The highest BCUT2D eigenvalue weighted by molar-refractivity contribution is 5.92. The van der Waals surface area contributed by atoms with Crippen molar-refractivity contribution in [2.45, 2.75) is 30.8 Å². The third-order valence-electron chi connectivity index (χ3n) is 4.81. The van der Waals surface area contributed by atoms with Gasteiger partial charge in [-0.25, -0.2) is 4.79 Å². The van der Waals surface area contributed by atoms with Gasteiger partial charge in [0.05, 0.1) is 25.1 Å². The highest BCUT2D eigenvalue weighted by Crippen LogP contribution is 2.30. The molecule has 7 nitrogen and oxygen atoms in total. The maximum absolute atomic E-state index is 12.8. The molecule has 0 radical (unpaired) electrons. The van der Waals surface area contributed by atoms with E-state index in [0.29, 0.717) is 0 Å². The molecule has 0 spiro atoms. The van der Waals surface area contributed by atoms with Crippen molar-refractivity contribution in [3.63, 3.8) is 0 Å². The largest absolute Gasteiger partial charge is 0.467 e. The van der Waals surface area contributed by atoms with Crippen LogP contribution < -0.4 is 16.0 Å². The molecular weight excluding hydrogens is 415 g/mol. The first-order valence-electron chi connectivity index (χ1n) is 9.34. The van der Waals surface area contributed by atoms with Gasteiger partial charge in [0, 0.05) is 0 Å². The van der Waals surface area contributed by atoms with E-state index in [1.807, 2.05) is 6.07 Å². The van der Waals surface area contributed by atoms with Gasteiger partial charge in [0.2, 0.25) is 11.8 Å². The molecule has 3 atom stereocenters. The Kier molecular flexibility index (Phi) is 6.59. The van der Waals surface area contributed by atoms with Crippen LogP contribution in [0.5, 0.6) is 0 Å². The fourth-order valence-electron chi connectivity index (χ4n) is 3.20. The Morgan fingerprint density at radius 1 is 1.10 bits per heavy atom. The van der Waals surface area contributed by atoms with Crippen molar-refractivity contribution in [1.82, 2.24) is 16.0 Å². The topological polar surface area (TPSA) is 96.5 Å². The normalized spacial score (nSPS) is 19.8. The van der Waals surface area contributed by atoms with Crippen molar-refractivity contribution in [2.24, 2.45) is 0 Å².